The molecule has 118 valence electrons. The Labute approximate surface area is 130 Å². The first-order valence-electron chi connectivity index (χ1n) is 6.97. The van der Waals surface area contributed by atoms with Crippen molar-refractivity contribution in [3.63, 3.8) is 0 Å². The summed E-state index contributed by atoms with van der Waals surface area (Å²) in [5, 5.41) is 8.97. The Balaban J connectivity index is 2.34. The standard InChI is InChI=1S/C15H19N3O3S/c1-11(19)18-7-6-12-4-5-14(8-13(12)9-18)22(20,21)17-15(2,3)10-16/h4-5,8,17H,6-7,9H2,1-3H3. The summed E-state index contributed by atoms with van der Waals surface area (Å²) in [4.78, 5) is 13.3. The minimum atomic E-state index is -3.78. The number of hydrogen-bond acceptors (Lipinski definition) is 4. The van der Waals surface area contributed by atoms with Crippen LogP contribution < -0.4 is 4.72 Å². The molecule has 1 aromatic carbocycles. The molecule has 1 N–H and O–H groups in total. The van der Waals surface area contributed by atoms with Gasteiger partial charge in [-0.1, -0.05) is 6.07 Å². The zero-order valence-electron chi connectivity index (χ0n) is 12.9. The van der Waals surface area contributed by atoms with Crippen molar-refractivity contribution in [1.29, 1.82) is 5.26 Å². The lowest BCUT2D eigenvalue weighted by atomic mass is 10.00. The average Bonchev–Trinajstić information content (AvgIpc) is 2.45. The van der Waals surface area contributed by atoms with E-state index in [0.29, 0.717) is 19.5 Å². The van der Waals surface area contributed by atoms with Gasteiger partial charge in [-0.15, -0.1) is 0 Å². The summed E-state index contributed by atoms with van der Waals surface area (Å²) in [6, 6.07) is 6.81. The van der Waals surface area contributed by atoms with Crippen molar-refractivity contribution < 1.29 is 13.2 Å². The van der Waals surface area contributed by atoms with Crippen molar-refractivity contribution in [2.24, 2.45) is 0 Å². The van der Waals surface area contributed by atoms with Crippen molar-refractivity contribution in [3.05, 3.63) is 29.3 Å². The highest BCUT2D eigenvalue weighted by molar-refractivity contribution is 7.89. The number of carbonyl (C=O) groups excluding carboxylic acids is 1. The van der Waals surface area contributed by atoms with Crippen LogP contribution in [-0.4, -0.2) is 31.3 Å². The molecule has 0 radical (unpaired) electrons. The molecule has 0 fully saturated rings. The molecule has 22 heavy (non-hydrogen) atoms. The highest BCUT2D eigenvalue weighted by atomic mass is 32.2. The molecule has 0 aliphatic carbocycles. The summed E-state index contributed by atoms with van der Waals surface area (Å²) >= 11 is 0. The fourth-order valence-corrected chi connectivity index (χ4v) is 3.77. The second kappa shape index (κ2) is 5.71. The number of carbonyl (C=O) groups is 1. The Morgan fingerprint density at radius 1 is 1.36 bits per heavy atom. The van der Waals surface area contributed by atoms with E-state index in [2.05, 4.69) is 4.72 Å². The van der Waals surface area contributed by atoms with Crippen LogP contribution in [0, 0.1) is 11.3 Å². The van der Waals surface area contributed by atoms with Crippen molar-refractivity contribution in [2.45, 2.75) is 44.2 Å². The van der Waals surface area contributed by atoms with Gasteiger partial charge in [-0.05, 0) is 43.5 Å². The van der Waals surface area contributed by atoms with Crippen LogP contribution in [0.5, 0.6) is 0 Å². The SMILES string of the molecule is CC(=O)N1CCc2ccc(S(=O)(=O)NC(C)(C)C#N)cc2C1. The third-order valence-corrected chi connectivity index (χ3v) is 5.27. The molecule has 0 saturated heterocycles. The van der Waals surface area contributed by atoms with Gasteiger partial charge in [0.15, 0.2) is 0 Å². The first-order valence-corrected chi connectivity index (χ1v) is 8.45. The summed E-state index contributed by atoms with van der Waals surface area (Å²) in [6.45, 7) is 5.56. The predicted molar refractivity (Wildman–Crippen MR) is 81.3 cm³/mol. The second-order valence-electron chi connectivity index (χ2n) is 5.96. The van der Waals surface area contributed by atoms with Crippen LogP contribution in [0.1, 0.15) is 31.9 Å². The Morgan fingerprint density at radius 3 is 2.64 bits per heavy atom. The van der Waals surface area contributed by atoms with E-state index in [4.69, 9.17) is 5.26 Å². The molecule has 7 heteroatoms. The third kappa shape index (κ3) is 3.46. The van der Waals surface area contributed by atoms with E-state index in [1.807, 2.05) is 6.07 Å². The highest BCUT2D eigenvalue weighted by Gasteiger charge is 2.27. The monoisotopic (exact) mass is 321 g/mol. The number of fused-ring (bicyclic) bond motifs is 1. The molecule has 0 saturated carbocycles. The van der Waals surface area contributed by atoms with Crippen LogP contribution in [0.2, 0.25) is 0 Å². The van der Waals surface area contributed by atoms with E-state index in [1.165, 1.54) is 26.8 Å². The van der Waals surface area contributed by atoms with Crippen LogP contribution in [0.3, 0.4) is 0 Å². The lowest BCUT2D eigenvalue weighted by molar-refractivity contribution is -0.129. The molecular formula is C15H19N3O3S. The molecule has 6 nitrogen and oxygen atoms in total. The average molecular weight is 321 g/mol. The van der Waals surface area contributed by atoms with Gasteiger partial charge < -0.3 is 4.90 Å². The van der Waals surface area contributed by atoms with E-state index in [9.17, 15) is 13.2 Å². The van der Waals surface area contributed by atoms with Crippen LogP contribution in [0.4, 0.5) is 0 Å². The lowest BCUT2D eigenvalue weighted by Gasteiger charge is -2.28. The summed E-state index contributed by atoms with van der Waals surface area (Å²) in [5.74, 6) is -0.0253. The van der Waals surface area contributed by atoms with Crippen LogP contribution in [0.15, 0.2) is 23.1 Å². The largest absolute Gasteiger partial charge is 0.338 e. The fourth-order valence-electron chi connectivity index (χ4n) is 2.39. The van der Waals surface area contributed by atoms with Crippen LogP contribution in [-0.2, 0) is 27.8 Å². The quantitative estimate of drug-likeness (QED) is 0.905. The molecule has 1 heterocycles. The van der Waals surface area contributed by atoms with Gasteiger partial charge in [0.25, 0.3) is 0 Å². The van der Waals surface area contributed by atoms with Gasteiger partial charge in [0.1, 0.15) is 5.54 Å². The first kappa shape index (κ1) is 16.5. The maximum atomic E-state index is 12.4. The number of rotatable bonds is 3. The number of hydrogen-bond donors (Lipinski definition) is 1. The minimum absolute atomic E-state index is 0.0253. The van der Waals surface area contributed by atoms with E-state index in [0.717, 1.165) is 11.1 Å². The molecule has 0 aromatic heterocycles. The van der Waals surface area contributed by atoms with Crippen molar-refractivity contribution >= 4 is 15.9 Å². The van der Waals surface area contributed by atoms with Crippen molar-refractivity contribution in [1.82, 2.24) is 9.62 Å². The van der Waals surface area contributed by atoms with E-state index >= 15 is 0 Å². The number of benzene rings is 1. The maximum Gasteiger partial charge on any atom is 0.241 e. The van der Waals surface area contributed by atoms with Crippen LogP contribution >= 0.6 is 0 Å². The Bertz CT molecular complexity index is 748. The first-order chi connectivity index (χ1) is 10.1. The minimum Gasteiger partial charge on any atom is -0.338 e. The summed E-state index contributed by atoms with van der Waals surface area (Å²) in [5.41, 5.74) is 0.704. The topological polar surface area (TPSA) is 90.3 Å². The van der Waals surface area contributed by atoms with Gasteiger partial charge in [0.05, 0.1) is 11.0 Å². The lowest BCUT2D eigenvalue weighted by Crippen LogP contribution is -2.42. The Hall–Kier alpha value is -1.91. The molecule has 1 amide bonds. The molecule has 0 bridgehead atoms. The number of nitriles is 1. The van der Waals surface area contributed by atoms with E-state index < -0.39 is 15.6 Å². The summed E-state index contributed by atoms with van der Waals surface area (Å²) in [7, 11) is -3.78. The zero-order chi connectivity index (χ0) is 16.5. The van der Waals surface area contributed by atoms with Gasteiger partial charge in [-0.25, -0.2) is 8.42 Å². The van der Waals surface area contributed by atoms with Gasteiger partial charge in [-0.3, -0.25) is 4.79 Å². The third-order valence-electron chi connectivity index (χ3n) is 3.61. The Morgan fingerprint density at radius 2 is 2.05 bits per heavy atom. The van der Waals surface area contributed by atoms with Crippen molar-refractivity contribution in [3.8, 4) is 6.07 Å². The highest BCUT2D eigenvalue weighted by Crippen LogP contribution is 2.23. The maximum absolute atomic E-state index is 12.4. The van der Waals surface area contributed by atoms with Gasteiger partial charge >= 0.3 is 0 Å². The number of nitrogens with one attached hydrogen (secondary N) is 1. The second-order valence-corrected chi connectivity index (χ2v) is 7.65. The summed E-state index contributed by atoms with van der Waals surface area (Å²) in [6.07, 6.45) is 0.715. The molecule has 1 aliphatic rings. The molecule has 1 aliphatic heterocycles. The molecule has 1 aromatic rings. The van der Waals surface area contributed by atoms with Gasteiger partial charge in [0, 0.05) is 20.0 Å². The predicted octanol–water partition coefficient (Wildman–Crippen LogP) is 1.17. The fraction of sp³-hybridized carbons (Fsp3) is 0.467. The normalized spacial score (nSPS) is 15.1. The Kier molecular flexibility index (Phi) is 4.27. The van der Waals surface area contributed by atoms with E-state index in [-0.39, 0.29) is 10.8 Å². The molecule has 0 spiro atoms. The molecular weight excluding hydrogens is 302 g/mol. The molecule has 2 rings (SSSR count). The zero-order valence-corrected chi connectivity index (χ0v) is 13.7. The number of amides is 1. The number of nitrogens with zero attached hydrogens (tertiary/aromatic N) is 2. The van der Waals surface area contributed by atoms with E-state index in [1.54, 1.807) is 17.0 Å². The van der Waals surface area contributed by atoms with Crippen molar-refractivity contribution in [2.75, 3.05) is 6.54 Å². The summed E-state index contributed by atoms with van der Waals surface area (Å²) < 4.78 is 27.1. The smallest absolute Gasteiger partial charge is 0.241 e. The molecule has 0 atom stereocenters. The van der Waals surface area contributed by atoms with Crippen LogP contribution in [0.25, 0.3) is 0 Å². The van der Waals surface area contributed by atoms with Gasteiger partial charge in [0.2, 0.25) is 15.9 Å². The van der Waals surface area contributed by atoms with Gasteiger partial charge in [-0.2, -0.15) is 9.98 Å². The number of sulfonamides is 1. The molecule has 0 unspecified atom stereocenters.